The second-order valence-corrected chi connectivity index (χ2v) is 4.75. The third-order valence-electron chi connectivity index (χ3n) is 3.53. The topological polar surface area (TPSA) is 42.0 Å². The zero-order valence-electron chi connectivity index (χ0n) is 7.41. The van der Waals surface area contributed by atoms with Gasteiger partial charge >= 0.3 is 0 Å². The lowest BCUT2D eigenvalue weighted by molar-refractivity contribution is -0.130. The molecule has 68 valence electrons. The molecule has 1 N–H and O–H groups in total. The molecule has 3 nitrogen and oxygen atoms in total. The first-order valence-corrected chi connectivity index (χ1v) is 4.57. The molecule has 3 rings (SSSR count). The highest BCUT2D eigenvalue weighted by atomic mass is 16.7. The molecule has 3 aliphatic rings. The summed E-state index contributed by atoms with van der Waals surface area (Å²) in [7, 11) is 0. The summed E-state index contributed by atoms with van der Waals surface area (Å²) in [5, 5.41) is 9.82. The van der Waals surface area contributed by atoms with Gasteiger partial charge in [-0.25, -0.2) is 0 Å². The van der Waals surface area contributed by atoms with Gasteiger partial charge in [-0.15, -0.1) is 0 Å². The Kier molecular flexibility index (Phi) is 1.04. The predicted molar refractivity (Wildman–Crippen MR) is 41.8 cm³/mol. The van der Waals surface area contributed by atoms with Crippen molar-refractivity contribution in [2.45, 2.75) is 56.2 Å². The van der Waals surface area contributed by atoms with Crippen LogP contribution >= 0.6 is 0 Å². The van der Waals surface area contributed by atoms with E-state index in [1.54, 1.807) is 0 Å². The van der Waals surface area contributed by atoms with E-state index < -0.39 is 5.60 Å². The molecule has 0 aromatic carbocycles. The molecule has 12 heavy (non-hydrogen) atoms. The average Bonchev–Trinajstić information content (AvgIpc) is 2.61. The third kappa shape index (κ3) is 0.679. The van der Waals surface area contributed by atoms with Crippen LogP contribution in [0.2, 0.25) is 0 Å². The zero-order chi connectivity index (χ0) is 8.56. The number of ether oxygens (including phenoxy) is 2. The first kappa shape index (κ1) is 7.30. The Morgan fingerprint density at radius 1 is 1.33 bits per heavy atom. The van der Waals surface area contributed by atoms with Gasteiger partial charge in [0.05, 0.1) is 17.8 Å². The summed E-state index contributed by atoms with van der Waals surface area (Å²) in [5.74, 6) is 0. The Labute approximate surface area is 71.7 Å². The minimum Gasteiger partial charge on any atom is -0.390 e. The van der Waals surface area contributed by atoms with E-state index in [1.165, 1.54) is 0 Å². The Morgan fingerprint density at radius 3 is 2.83 bits per heavy atom. The van der Waals surface area contributed by atoms with Crippen molar-refractivity contribution in [1.82, 2.24) is 0 Å². The third-order valence-corrected chi connectivity index (χ3v) is 3.53. The van der Waals surface area contributed by atoms with Crippen molar-refractivity contribution in [3.05, 3.63) is 0 Å². The number of hydrogen-bond donors (Lipinski definition) is 1. The van der Waals surface area contributed by atoms with Crippen LogP contribution in [0.1, 0.15) is 26.7 Å². The lowest BCUT2D eigenvalue weighted by atomic mass is 9.94. The van der Waals surface area contributed by atoms with Gasteiger partial charge in [0.2, 0.25) is 0 Å². The number of fused-ring (bicyclic) bond motifs is 4. The summed E-state index contributed by atoms with van der Waals surface area (Å²) in [5.41, 5.74) is -0.552. The normalized spacial score (nSPS) is 67.8. The van der Waals surface area contributed by atoms with E-state index in [1.807, 2.05) is 6.92 Å². The Bertz CT molecular complexity index is 242. The molecule has 5 unspecified atom stereocenters. The summed E-state index contributed by atoms with van der Waals surface area (Å²) in [6.45, 7) is 4.03. The number of aliphatic hydroxyl groups is 1. The van der Waals surface area contributed by atoms with Gasteiger partial charge < -0.3 is 14.6 Å². The summed E-state index contributed by atoms with van der Waals surface area (Å²) in [6, 6.07) is 0. The molecule has 3 saturated heterocycles. The van der Waals surface area contributed by atoms with E-state index in [-0.39, 0.29) is 17.8 Å². The number of rotatable bonds is 0. The molecule has 0 spiro atoms. The van der Waals surface area contributed by atoms with Crippen LogP contribution < -0.4 is 0 Å². The molecular formula is C9H14O3. The van der Waals surface area contributed by atoms with Gasteiger partial charge in [-0.3, -0.25) is 0 Å². The fourth-order valence-electron chi connectivity index (χ4n) is 2.85. The summed E-state index contributed by atoms with van der Waals surface area (Å²) >= 11 is 0. The van der Waals surface area contributed by atoms with Crippen LogP contribution in [0.25, 0.3) is 0 Å². The van der Waals surface area contributed by atoms with Gasteiger partial charge in [0.25, 0.3) is 0 Å². The molecule has 2 bridgehead atoms. The Morgan fingerprint density at radius 2 is 2.08 bits per heavy atom. The maximum Gasteiger partial charge on any atom is 0.121 e. The van der Waals surface area contributed by atoms with Gasteiger partial charge in [-0.1, -0.05) is 0 Å². The molecule has 3 heteroatoms. The molecule has 0 aromatic rings. The fraction of sp³-hybridized carbons (Fsp3) is 1.00. The SMILES string of the molecule is CC12CC3OC3C(C)(O1)C(O)C2. The van der Waals surface area contributed by atoms with E-state index in [9.17, 15) is 5.11 Å². The van der Waals surface area contributed by atoms with E-state index in [0.29, 0.717) is 6.10 Å². The predicted octanol–water partition coefficient (Wildman–Crippen LogP) is 0.456. The Balaban J connectivity index is 2.02. The highest BCUT2D eigenvalue weighted by Gasteiger charge is 2.68. The summed E-state index contributed by atoms with van der Waals surface area (Å²) < 4.78 is 11.3. The summed E-state index contributed by atoms with van der Waals surface area (Å²) in [4.78, 5) is 0. The van der Waals surface area contributed by atoms with Crippen molar-refractivity contribution in [2.24, 2.45) is 0 Å². The smallest absolute Gasteiger partial charge is 0.121 e. The summed E-state index contributed by atoms with van der Waals surface area (Å²) in [6.07, 6.45) is 1.87. The molecule has 3 heterocycles. The zero-order valence-corrected chi connectivity index (χ0v) is 7.41. The second kappa shape index (κ2) is 1.72. The molecule has 3 fully saturated rings. The van der Waals surface area contributed by atoms with Crippen LogP contribution in [0.4, 0.5) is 0 Å². The van der Waals surface area contributed by atoms with E-state index >= 15 is 0 Å². The lowest BCUT2D eigenvalue weighted by Crippen LogP contribution is -2.46. The van der Waals surface area contributed by atoms with Crippen LogP contribution in [-0.2, 0) is 9.47 Å². The van der Waals surface area contributed by atoms with Crippen LogP contribution in [0, 0.1) is 0 Å². The van der Waals surface area contributed by atoms with Gasteiger partial charge in [0.1, 0.15) is 11.7 Å². The van der Waals surface area contributed by atoms with E-state index in [2.05, 4.69) is 6.92 Å². The van der Waals surface area contributed by atoms with Crippen molar-refractivity contribution >= 4 is 0 Å². The first-order chi connectivity index (χ1) is 5.54. The van der Waals surface area contributed by atoms with Crippen molar-refractivity contribution in [3.63, 3.8) is 0 Å². The molecule has 0 radical (unpaired) electrons. The quantitative estimate of drug-likeness (QED) is 0.537. The highest BCUT2D eigenvalue weighted by Crippen LogP contribution is 2.55. The molecule has 3 aliphatic heterocycles. The standard InChI is InChI=1S/C9H14O3/c1-8-3-5-7(11-5)9(2,12-8)6(10)4-8/h5-7,10H,3-4H2,1-2H3. The number of aliphatic hydroxyl groups excluding tert-OH is 1. The highest BCUT2D eigenvalue weighted by molar-refractivity contribution is 5.16. The molecule has 0 aromatic heterocycles. The van der Waals surface area contributed by atoms with Crippen molar-refractivity contribution in [2.75, 3.05) is 0 Å². The van der Waals surface area contributed by atoms with Crippen LogP contribution in [0.15, 0.2) is 0 Å². The van der Waals surface area contributed by atoms with Gasteiger partial charge in [0, 0.05) is 12.8 Å². The van der Waals surface area contributed by atoms with Gasteiger partial charge in [0.15, 0.2) is 0 Å². The minimum absolute atomic E-state index is 0.133. The fourth-order valence-corrected chi connectivity index (χ4v) is 2.85. The van der Waals surface area contributed by atoms with Crippen molar-refractivity contribution in [3.8, 4) is 0 Å². The Hall–Kier alpha value is -0.120. The van der Waals surface area contributed by atoms with E-state index in [0.717, 1.165) is 12.8 Å². The number of epoxide rings is 1. The van der Waals surface area contributed by atoms with Crippen molar-refractivity contribution < 1.29 is 14.6 Å². The maximum absolute atomic E-state index is 9.82. The maximum atomic E-state index is 9.82. The molecule has 0 aliphatic carbocycles. The average molecular weight is 170 g/mol. The van der Waals surface area contributed by atoms with E-state index in [4.69, 9.17) is 9.47 Å². The second-order valence-electron chi connectivity index (χ2n) is 4.75. The molecule has 0 amide bonds. The molecular weight excluding hydrogens is 156 g/mol. The van der Waals surface area contributed by atoms with Gasteiger partial charge in [-0.05, 0) is 13.8 Å². The molecule has 5 atom stereocenters. The van der Waals surface area contributed by atoms with Crippen molar-refractivity contribution in [1.29, 1.82) is 0 Å². The van der Waals surface area contributed by atoms with Crippen LogP contribution in [0.3, 0.4) is 0 Å². The molecule has 0 saturated carbocycles. The number of hydrogen-bond acceptors (Lipinski definition) is 3. The van der Waals surface area contributed by atoms with Gasteiger partial charge in [-0.2, -0.15) is 0 Å². The minimum atomic E-state index is -0.419. The first-order valence-electron chi connectivity index (χ1n) is 4.57. The van der Waals surface area contributed by atoms with Crippen LogP contribution in [-0.4, -0.2) is 34.6 Å². The lowest BCUT2D eigenvalue weighted by Gasteiger charge is -2.33. The van der Waals surface area contributed by atoms with Crippen LogP contribution in [0.5, 0.6) is 0 Å². The monoisotopic (exact) mass is 170 g/mol. The largest absolute Gasteiger partial charge is 0.390 e.